The van der Waals surface area contributed by atoms with Crippen molar-refractivity contribution in [2.75, 3.05) is 10.6 Å². The number of hydrogen-bond acceptors (Lipinski definition) is 2. The van der Waals surface area contributed by atoms with Gasteiger partial charge < -0.3 is 15.7 Å². The van der Waals surface area contributed by atoms with Crippen molar-refractivity contribution in [2.45, 2.75) is 0 Å². The van der Waals surface area contributed by atoms with Crippen molar-refractivity contribution in [3.8, 4) is 5.75 Å². The van der Waals surface area contributed by atoms with Crippen molar-refractivity contribution >= 4 is 40.6 Å². The molecule has 0 fully saturated rings. The average molecular weight is 297 g/mol. The molecule has 0 saturated carbocycles. The van der Waals surface area contributed by atoms with Crippen molar-refractivity contribution in [1.29, 1.82) is 0 Å². The van der Waals surface area contributed by atoms with Crippen LogP contribution in [0.25, 0.3) is 0 Å². The fraction of sp³-hybridized carbons (Fsp3) is 0. The minimum Gasteiger partial charge on any atom is -0.508 e. The second-order valence-corrected chi connectivity index (χ2v) is 4.51. The summed E-state index contributed by atoms with van der Waals surface area (Å²) in [5.74, 6) is 0.129. The van der Waals surface area contributed by atoms with Crippen molar-refractivity contribution in [3.63, 3.8) is 0 Å². The molecule has 0 radical (unpaired) electrons. The molecule has 2 rings (SSSR count). The Hall–Kier alpha value is -1.91. The first-order valence-corrected chi connectivity index (χ1v) is 6.13. The zero-order valence-corrected chi connectivity index (χ0v) is 11.2. The maximum absolute atomic E-state index is 11.7. The van der Waals surface area contributed by atoms with Gasteiger partial charge in [-0.2, -0.15) is 0 Å². The number of anilines is 2. The fourth-order valence-corrected chi connectivity index (χ4v) is 1.78. The largest absolute Gasteiger partial charge is 0.508 e. The molecule has 0 aliphatic rings. The van der Waals surface area contributed by atoms with Gasteiger partial charge in [-0.3, -0.25) is 0 Å². The van der Waals surface area contributed by atoms with Gasteiger partial charge >= 0.3 is 6.03 Å². The molecule has 0 heterocycles. The first-order valence-electron chi connectivity index (χ1n) is 5.37. The van der Waals surface area contributed by atoms with E-state index in [9.17, 15) is 4.79 Å². The van der Waals surface area contributed by atoms with Gasteiger partial charge in [0.25, 0.3) is 0 Å². The van der Waals surface area contributed by atoms with Gasteiger partial charge in [0.15, 0.2) is 0 Å². The number of aromatic hydroxyl groups is 1. The maximum atomic E-state index is 11.7. The van der Waals surface area contributed by atoms with Crippen LogP contribution in [0.5, 0.6) is 5.75 Å². The molecule has 0 aliphatic carbocycles. The smallest absolute Gasteiger partial charge is 0.323 e. The predicted molar refractivity (Wildman–Crippen MR) is 77.2 cm³/mol. The molecule has 2 aromatic carbocycles. The first-order chi connectivity index (χ1) is 9.06. The molecule has 2 aromatic rings. The van der Waals surface area contributed by atoms with Gasteiger partial charge in [-0.05, 0) is 36.4 Å². The lowest BCUT2D eigenvalue weighted by atomic mass is 10.3. The molecule has 4 nitrogen and oxygen atoms in total. The van der Waals surface area contributed by atoms with Gasteiger partial charge in [-0.1, -0.05) is 29.3 Å². The summed E-state index contributed by atoms with van der Waals surface area (Å²) in [5.41, 5.74) is 0.971. The Labute approximate surface area is 120 Å². The summed E-state index contributed by atoms with van der Waals surface area (Å²) in [6.07, 6.45) is 0. The molecular weight excluding hydrogens is 287 g/mol. The van der Waals surface area contributed by atoms with Crippen molar-refractivity contribution in [2.24, 2.45) is 0 Å². The van der Waals surface area contributed by atoms with Gasteiger partial charge in [0, 0.05) is 5.69 Å². The third-order valence-corrected chi connectivity index (χ3v) is 3.14. The molecule has 3 N–H and O–H groups in total. The molecule has 0 saturated heterocycles. The zero-order valence-electron chi connectivity index (χ0n) is 9.65. The van der Waals surface area contributed by atoms with Crippen molar-refractivity contribution < 1.29 is 9.90 Å². The van der Waals surface area contributed by atoms with E-state index in [1.807, 2.05) is 0 Å². The summed E-state index contributed by atoms with van der Waals surface area (Å²) < 4.78 is 0. The van der Waals surface area contributed by atoms with Crippen molar-refractivity contribution in [1.82, 2.24) is 0 Å². The lowest BCUT2D eigenvalue weighted by molar-refractivity contribution is 0.262. The topological polar surface area (TPSA) is 61.4 Å². The molecule has 0 spiro atoms. The van der Waals surface area contributed by atoms with Gasteiger partial charge in [-0.25, -0.2) is 4.79 Å². The van der Waals surface area contributed by atoms with Gasteiger partial charge in [-0.15, -0.1) is 0 Å². The van der Waals surface area contributed by atoms with Crippen LogP contribution in [0, 0.1) is 0 Å². The van der Waals surface area contributed by atoms with Crippen LogP contribution in [-0.2, 0) is 0 Å². The average Bonchev–Trinajstić information content (AvgIpc) is 2.38. The highest BCUT2D eigenvalue weighted by Gasteiger charge is 2.08. The van der Waals surface area contributed by atoms with E-state index in [-0.39, 0.29) is 10.8 Å². The summed E-state index contributed by atoms with van der Waals surface area (Å²) in [6, 6.07) is 10.6. The van der Waals surface area contributed by atoms with Crippen molar-refractivity contribution in [3.05, 3.63) is 52.5 Å². The Morgan fingerprint density at radius 3 is 2.37 bits per heavy atom. The highest BCUT2D eigenvalue weighted by Crippen LogP contribution is 2.29. The number of carbonyl (C=O) groups excluding carboxylic acids is 1. The van der Waals surface area contributed by atoms with Gasteiger partial charge in [0.2, 0.25) is 0 Å². The van der Waals surface area contributed by atoms with Gasteiger partial charge in [0.05, 0.1) is 15.7 Å². The van der Waals surface area contributed by atoms with E-state index in [0.717, 1.165) is 0 Å². The number of rotatable bonds is 2. The molecule has 2 amide bonds. The van der Waals surface area contributed by atoms with E-state index in [1.54, 1.807) is 30.3 Å². The number of carbonyl (C=O) groups is 1. The molecular formula is C13H10Cl2N2O2. The highest BCUT2D eigenvalue weighted by atomic mass is 35.5. The third kappa shape index (κ3) is 3.53. The monoisotopic (exact) mass is 296 g/mol. The summed E-state index contributed by atoms with van der Waals surface area (Å²) in [7, 11) is 0. The molecule has 0 aliphatic heterocycles. The third-order valence-electron chi connectivity index (χ3n) is 2.32. The number of benzene rings is 2. The fourth-order valence-electron chi connectivity index (χ4n) is 1.43. The van der Waals surface area contributed by atoms with Crippen LogP contribution in [0.4, 0.5) is 16.2 Å². The van der Waals surface area contributed by atoms with E-state index in [4.69, 9.17) is 28.3 Å². The first kappa shape index (κ1) is 13.5. The second kappa shape index (κ2) is 5.82. The number of halogens is 2. The molecule has 98 valence electrons. The van der Waals surface area contributed by atoms with E-state index in [0.29, 0.717) is 16.4 Å². The second-order valence-electron chi connectivity index (χ2n) is 3.73. The molecule has 6 heteroatoms. The van der Waals surface area contributed by atoms with Crippen LogP contribution >= 0.6 is 23.2 Å². The Morgan fingerprint density at radius 2 is 1.68 bits per heavy atom. The van der Waals surface area contributed by atoms with E-state index < -0.39 is 6.03 Å². The molecule has 0 atom stereocenters. The normalized spacial score (nSPS) is 10.0. The van der Waals surface area contributed by atoms with E-state index in [2.05, 4.69) is 10.6 Å². The molecule has 0 aromatic heterocycles. The quantitative estimate of drug-likeness (QED) is 0.722. The number of phenolic OH excluding ortho intramolecular Hbond substituents is 1. The van der Waals surface area contributed by atoms with E-state index >= 15 is 0 Å². The Morgan fingerprint density at radius 1 is 1.00 bits per heavy atom. The summed E-state index contributed by atoms with van der Waals surface area (Å²) >= 11 is 11.8. The maximum Gasteiger partial charge on any atom is 0.323 e. The van der Waals surface area contributed by atoms with Crippen LogP contribution in [0.1, 0.15) is 0 Å². The standard InChI is InChI=1S/C13H10Cl2N2O2/c14-10-2-1-3-11(12(10)15)17-13(19)16-8-4-6-9(18)7-5-8/h1-7,18H,(H2,16,17,19). The van der Waals surface area contributed by atoms with Crippen LogP contribution in [0.2, 0.25) is 10.0 Å². The predicted octanol–water partition coefficient (Wildman–Crippen LogP) is 4.34. The molecule has 0 bridgehead atoms. The number of hydrogen-bond donors (Lipinski definition) is 3. The minimum atomic E-state index is -0.449. The Balaban J connectivity index is 2.05. The van der Waals surface area contributed by atoms with Crippen LogP contribution in [-0.4, -0.2) is 11.1 Å². The minimum absolute atomic E-state index is 0.129. The number of nitrogens with one attached hydrogen (secondary N) is 2. The number of urea groups is 1. The number of amides is 2. The summed E-state index contributed by atoms with van der Waals surface area (Å²) in [4.78, 5) is 11.7. The Kier molecular flexibility index (Phi) is 4.14. The van der Waals surface area contributed by atoms with Crippen LogP contribution < -0.4 is 10.6 Å². The SMILES string of the molecule is O=C(Nc1ccc(O)cc1)Nc1cccc(Cl)c1Cl. The van der Waals surface area contributed by atoms with Crippen LogP contribution in [0.15, 0.2) is 42.5 Å². The van der Waals surface area contributed by atoms with Gasteiger partial charge in [0.1, 0.15) is 5.75 Å². The van der Waals surface area contributed by atoms with Crippen LogP contribution in [0.3, 0.4) is 0 Å². The zero-order chi connectivity index (χ0) is 13.8. The molecule has 0 unspecified atom stereocenters. The number of phenols is 1. The summed E-state index contributed by atoms with van der Waals surface area (Å²) in [6.45, 7) is 0. The molecule has 19 heavy (non-hydrogen) atoms. The summed E-state index contributed by atoms with van der Waals surface area (Å²) in [5, 5.41) is 15.0. The van der Waals surface area contributed by atoms with E-state index in [1.165, 1.54) is 12.1 Å². The highest BCUT2D eigenvalue weighted by molar-refractivity contribution is 6.44. The lowest BCUT2D eigenvalue weighted by Crippen LogP contribution is -2.19. The Bertz CT molecular complexity index is 600. The lowest BCUT2D eigenvalue weighted by Gasteiger charge is -2.09.